The topological polar surface area (TPSA) is 37.8 Å². The van der Waals surface area contributed by atoms with Crippen LogP contribution in [0.3, 0.4) is 0 Å². The van der Waals surface area contributed by atoms with Crippen LogP contribution in [0.2, 0.25) is 0 Å². The molecule has 0 unspecified atom stereocenters. The lowest BCUT2D eigenvalue weighted by atomic mass is 10.3. The monoisotopic (exact) mass is 409 g/mol. The van der Waals surface area contributed by atoms with Crippen LogP contribution in [0.25, 0.3) is 0 Å². The highest BCUT2D eigenvalue weighted by atomic mass is 127. The summed E-state index contributed by atoms with van der Waals surface area (Å²) >= 11 is 7.40. The molecule has 2 heterocycles. The normalized spacial score (nSPS) is 10.4. The van der Waals surface area contributed by atoms with E-state index < -0.39 is 0 Å². The summed E-state index contributed by atoms with van der Waals surface area (Å²) in [6, 6.07) is 4.20. The van der Waals surface area contributed by atoms with Gasteiger partial charge in [0.2, 0.25) is 5.95 Å². The summed E-state index contributed by atoms with van der Waals surface area (Å²) in [5.74, 6) is 0.691. The van der Waals surface area contributed by atoms with E-state index in [0.717, 1.165) is 16.5 Å². The first kappa shape index (κ1) is 12.3. The van der Waals surface area contributed by atoms with Crippen molar-refractivity contribution in [1.29, 1.82) is 0 Å². The van der Waals surface area contributed by atoms with Gasteiger partial charge in [-0.05, 0) is 57.1 Å². The van der Waals surface area contributed by atoms with Gasteiger partial charge >= 0.3 is 0 Å². The first-order valence-corrected chi connectivity index (χ1v) is 7.38. The second-order valence-corrected chi connectivity index (χ2v) is 6.90. The molecule has 0 amide bonds. The van der Waals surface area contributed by atoms with Crippen molar-refractivity contribution in [2.24, 2.45) is 0 Å². The number of halogens is 2. The molecule has 0 spiro atoms. The smallest absolute Gasteiger partial charge is 0.222 e. The number of thiophene rings is 1. The van der Waals surface area contributed by atoms with Crippen molar-refractivity contribution >= 4 is 55.8 Å². The lowest BCUT2D eigenvalue weighted by Gasteiger charge is -2.02. The van der Waals surface area contributed by atoms with Crippen molar-refractivity contribution in [3.63, 3.8) is 0 Å². The number of hydrogen-bond donors (Lipinski definition) is 1. The quantitative estimate of drug-likeness (QED) is 0.784. The summed E-state index contributed by atoms with van der Waals surface area (Å²) < 4.78 is 2.22. The first-order valence-electron chi connectivity index (χ1n) is 4.69. The van der Waals surface area contributed by atoms with E-state index in [9.17, 15) is 0 Å². The molecule has 0 radical (unpaired) electrons. The van der Waals surface area contributed by atoms with Crippen LogP contribution in [-0.2, 0) is 6.42 Å². The van der Waals surface area contributed by atoms with Gasteiger partial charge in [0.1, 0.15) is 0 Å². The van der Waals surface area contributed by atoms with E-state index in [1.165, 1.54) is 8.66 Å². The largest absolute Gasteiger partial charge is 0.354 e. The Hall–Kier alpha value is -0.210. The van der Waals surface area contributed by atoms with Crippen LogP contribution in [0.4, 0.5) is 5.95 Å². The van der Waals surface area contributed by atoms with Crippen LogP contribution >= 0.6 is 49.9 Å². The molecule has 0 saturated heterocycles. The summed E-state index contributed by atoms with van der Waals surface area (Å²) in [4.78, 5) is 9.71. The number of hydrogen-bond acceptors (Lipinski definition) is 4. The van der Waals surface area contributed by atoms with Crippen LogP contribution in [0.15, 0.2) is 28.3 Å². The maximum Gasteiger partial charge on any atom is 0.222 e. The highest BCUT2D eigenvalue weighted by Gasteiger charge is 1.99. The molecule has 0 aliphatic carbocycles. The minimum absolute atomic E-state index is 0.691. The fraction of sp³-hybridized carbons (Fsp3) is 0.200. The predicted octanol–water partition coefficient (Wildman–Crippen LogP) is 3.56. The van der Waals surface area contributed by atoms with Crippen LogP contribution < -0.4 is 5.32 Å². The third kappa shape index (κ3) is 3.67. The van der Waals surface area contributed by atoms with Gasteiger partial charge in [-0.1, -0.05) is 0 Å². The van der Waals surface area contributed by atoms with Gasteiger partial charge in [0.05, 0.1) is 3.79 Å². The van der Waals surface area contributed by atoms with E-state index in [0.29, 0.717) is 5.95 Å². The molecule has 1 N–H and O–H groups in total. The van der Waals surface area contributed by atoms with Gasteiger partial charge in [-0.2, -0.15) is 0 Å². The Bertz CT molecular complexity index is 457. The summed E-state index contributed by atoms with van der Waals surface area (Å²) in [6.07, 6.45) is 4.60. The Morgan fingerprint density at radius 1 is 1.31 bits per heavy atom. The van der Waals surface area contributed by atoms with Gasteiger partial charge < -0.3 is 5.32 Å². The molecule has 84 valence electrons. The fourth-order valence-electron chi connectivity index (χ4n) is 1.19. The number of nitrogens with zero attached hydrogens (tertiary/aromatic N) is 2. The third-order valence-electron chi connectivity index (χ3n) is 1.90. The van der Waals surface area contributed by atoms with E-state index >= 15 is 0 Å². The number of anilines is 1. The third-order valence-corrected chi connectivity index (χ3v) is 4.14. The van der Waals surface area contributed by atoms with Gasteiger partial charge in [0.15, 0.2) is 0 Å². The first-order chi connectivity index (χ1) is 7.74. The number of aromatic nitrogens is 2. The van der Waals surface area contributed by atoms with E-state index in [4.69, 9.17) is 0 Å². The van der Waals surface area contributed by atoms with Gasteiger partial charge in [0, 0.05) is 27.4 Å². The molecule has 0 fully saturated rings. The second kappa shape index (κ2) is 5.92. The standard InChI is InChI=1S/C10H9BrIN3S/c11-9-2-1-8(16-9)3-4-13-10-14-5-7(12)6-15-10/h1-2,5-6H,3-4H2,(H,13,14,15). The Labute approximate surface area is 120 Å². The summed E-state index contributed by atoms with van der Waals surface area (Å²) in [7, 11) is 0. The minimum Gasteiger partial charge on any atom is -0.354 e. The van der Waals surface area contributed by atoms with Gasteiger partial charge in [-0.3, -0.25) is 0 Å². The molecule has 2 rings (SSSR count). The minimum atomic E-state index is 0.691. The molecule has 0 aliphatic rings. The second-order valence-electron chi connectivity index (χ2n) is 3.11. The molecule has 16 heavy (non-hydrogen) atoms. The molecular weight excluding hydrogens is 401 g/mol. The average Bonchev–Trinajstić information content (AvgIpc) is 2.67. The SMILES string of the molecule is Brc1ccc(CCNc2ncc(I)cn2)s1. The van der Waals surface area contributed by atoms with Gasteiger partial charge in [-0.25, -0.2) is 9.97 Å². The zero-order valence-electron chi connectivity index (χ0n) is 8.28. The molecular formula is C10H9BrIN3S. The predicted molar refractivity (Wildman–Crippen MR) is 79.0 cm³/mol. The summed E-state index contributed by atoms with van der Waals surface area (Å²) in [5.41, 5.74) is 0. The van der Waals surface area contributed by atoms with Crippen LogP contribution in [0.1, 0.15) is 4.88 Å². The van der Waals surface area contributed by atoms with Crippen molar-refractivity contribution < 1.29 is 0 Å². The average molecular weight is 410 g/mol. The summed E-state index contributed by atoms with van der Waals surface area (Å²) in [5, 5.41) is 3.20. The lowest BCUT2D eigenvalue weighted by Crippen LogP contribution is -2.06. The Balaban J connectivity index is 1.82. The summed E-state index contributed by atoms with van der Waals surface area (Å²) in [6.45, 7) is 0.855. The molecule has 0 bridgehead atoms. The number of rotatable bonds is 4. The molecule has 0 aliphatic heterocycles. The van der Waals surface area contributed by atoms with E-state index in [1.54, 1.807) is 23.7 Å². The fourth-order valence-corrected chi connectivity index (χ4v) is 2.95. The maximum absolute atomic E-state index is 4.18. The van der Waals surface area contributed by atoms with E-state index in [2.05, 4.69) is 65.9 Å². The van der Waals surface area contributed by atoms with Gasteiger partial charge in [-0.15, -0.1) is 11.3 Å². The highest BCUT2D eigenvalue weighted by Crippen LogP contribution is 2.22. The Morgan fingerprint density at radius 3 is 2.69 bits per heavy atom. The van der Waals surface area contributed by atoms with Crippen molar-refractivity contribution in [3.8, 4) is 0 Å². The van der Waals surface area contributed by atoms with Crippen molar-refractivity contribution in [2.45, 2.75) is 6.42 Å². The van der Waals surface area contributed by atoms with Crippen molar-refractivity contribution in [1.82, 2.24) is 9.97 Å². The highest BCUT2D eigenvalue weighted by molar-refractivity contribution is 14.1. The van der Waals surface area contributed by atoms with Gasteiger partial charge in [0.25, 0.3) is 0 Å². The van der Waals surface area contributed by atoms with Crippen molar-refractivity contribution in [2.75, 3.05) is 11.9 Å². The van der Waals surface area contributed by atoms with Crippen LogP contribution in [-0.4, -0.2) is 16.5 Å². The van der Waals surface area contributed by atoms with Crippen LogP contribution in [0.5, 0.6) is 0 Å². The molecule has 0 atom stereocenters. The molecule has 0 aromatic carbocycles. The molecule has 0 saturated carbocycles. The van der Waals surface area contributed by atoms with E-state index in [1.807, 2.05) is 0 Å². The Kier molecular flexibility index (Phi) is 4.54. The molecule has 3 nitrogen and oxygen atoms in total. The molecule has 2 aromatic rings. The maximum atomic E-state index is 4.18. The molecule has 6 heteroatoms. The van der Waals surface area contributed by atoms with Crippen molar-refractivity contribution in [3.05, 3.63) is 36.8 Å². The lowest BCUT2D eigenvalue weighted by molar-refractivity contribution is 0.997. The zero-order valence-corrected chi connectivity index (χ0v) is 12.8. The zero-order chi connectivity index (χ0) is 11.4. The number of nitrogens with one attached hydrogen (secondary N) is 1. The molecule has 2 aromatic heterocycles. The van der Waals surface area contributed by atoms with E-state index in [-0.39, 0.29) is 0 Å². The van der Waals surface area contributed by atoms with Crippen LogP contribution in [0, 0.1) is 3.57 Å². The Morgan fingerprint density at radius 2 is 2.06 bits per heavy atom.